The smallest absolute Gasteiger partial charge is 0.272 e. The summed E-state index contributed by atoms with van der Waals surface area (Å²) in [6, 6.07) is 1.58. The van der Waals surface area contributed by atoms with Gasteiger partial charge in [0.25, 0.3) is 11.5 Å². The van der Waals surface area contributed by atoms with Crippen LogP contribution in [0.15, 0.2) is 35.8 Å². The molecule has 4 rings (SSSR count). The Morgan fingerprint density at radius 3 is 3.00 bits per heavy atom. The first-order valence-electron chi connectivity index (χ1n) is 7.44. The van der Waals surface area contributed by atoms with Crippen molar-refractivity contribution in [2.45, 2.75) is 12.5 Å². The Labute approximate surface area is 141 Å². The number of H-pyrrole nitrogens is 1. The molecule has 4 heterocycles. The van der Waals surface area contributed by atoms with Crippen LogP contribution in [-0.2, 0) is 0 Å². The van der Waals surface area contributed by atoms with E-state index in [2.05, 4.69) is 20.1 Å². The van der Waals surface area contributed by atoms with Gasteiger partial charge in [-0.2, -0.15) is 5.10 Å². The molecule has 0 spiro atoms. The summed E-state index contributed by atoms with van der Waals surface area (Å²) >= 11 is 5.89. The average Bonchev–Trinajstić information content (AvgIpc) is 3.23. The van der Waals surface area contributed by atoms with Gasteiger partial charge in [0.1, 0.15) is 5.69 Å². The first-order valence-corrected chi connectivity index (χ1v) is 7.82. The molecule has 1 aliphatic rings. The van der Waals surface area contributed by atoms with Crippen LogP contribution in [0.4, 0.5) is 0 Å². The zero-order valence-electron chi connectivity index (χ0n) is 12.5. The number of likely N-dealkylation sites (tertiary alicyclic amines) is 1. The van der Waals surface area contributed by atoms with Gasteiger partial charge in [-0.15, -0.1) is 0 Å². The second-order valence-electron chi connectivity index (χ2n) is 5.65. The lowest BCUT2D eigenvalue weighted by Crippen LogP contribution is -2.30. The monoisotopic (exact) mass is 344 g/mol. The highest BCUT2D eigenvalue weighted by molar-refractivity contribution is 6.30. The number of carbonyl (C=O) groups excluding carboxylic acids is 1. The number of nitrogens with one attached hydrogen (secondary N) is 1. The third kappa shape index (κ3) is 2.54. The number of amides is 1. The summed E-state index contributed by atoms with van der Waals surface area (Å²) in [7, 11) is 0. The van der Waals surface area contributed by atoms with Gasteiger partial charge in [0.2, 0.25) is 0 Å². The van der Waals surface area contributed by atoms with Crippen LogP contribution in [0, 0.1) is 0 Å². The van der Waals surface area contributed by atoms with E-state index in [1.54, 1.807) is 22.0 Å². The molecule has 0 bridgehead atoms. The van der Waals surface area contributed by atoms with Crippen LogP contribution in [0.5, 0.6) is 0 Å². The van der Waals surface area contributed by atoms with Crippen molar-refractivity contribution in [2.75, 3.05) is 13.1 Å². The first-order chi connectivity index (χ1) is 11.6. The fraction of sp³-hybridized carbons (Fsp3) is 0.267. The lowest BCUT2D eigenvalue weighted by Gasteiger charge is -2.16. The molecule has 1 N–H and O–H groups in total. The van der Waals surface area contributed by atoms with Gasteiger partial charge in [-0.1, -0.05) is 11.6 Å². The number of carbonyl (C=O) groups is 1. The summed E-state index contributed by atoms with van der Waals surface area (Å²) in [5, 5.41) is 5.12. The van der Waals surface area contributed by atoms with Crippen molar-refractivity contribution in [3.63, 3.8) is 0 Å². The van der Waals surface area contributed by atoms with Gasteiger partial charge >= 0.3 is 0 Å². The maximum Gasteiger partial charge on any atom is 0.272 e. The number of aromatic nitrogens is 5. The van der Waals surface area contributed by atoms with Crippen LogP contribution in [0.1, 0.15) is 23.0 Å². The summed E-state index contributed by atoms with van der Waals surface area (Å²) in [6.45, 7) is 1.13. The predicted octanol–water partition coefficient (Wildman–Crippen LogP) is 1.26. The van der Waals surface area contributed by atoms with E-state index in [0.29, 0.717) is 29.0 Å². The summed E-state index contributed by atoms with van der Waals surface area (Å²) in [4.78, 5) is 36.9. The highest BCUT2D eigenvalue weighted by Crippen LogP contribution is 2.23. The maximum absolute atomic E-state index is 12.7. The molecule has 9 heteroatoms. The van der Waals surface area contributed by atoms with Crippen molar-refractivity contribution in [1.29, 1.82) is 0 Å². The molecule has 0 aromatic carbocycles. The molecule has 0 aliphatic carbocycles. The number of nitrogens with zero attached hydrogens (tertiary/aromatic N) is 5. The fourth-order valence-corrected chi connectivity index (χ4v) is 3.05. The molecule has 3 aromatic rings. The minimum Gasteiger partial charge on any atom is -0.335 e. The second-order valence-corrected chi connectivity index (χ2v) is 6.09. The van der Waals surface area contributed by atoms with E-state index in [9.17, 15) is 9.59 Å². The van der Waals surface area contributed by atoms with Gasteiger partial charge in [0.15, 0.2) is 0 Å². The molecular formula is C15H13ClN6O2. The van der Waals surface area contributed by atoms with E-state index < -0.39 is 0 Å². The Hall–Kier alpha value is -2.74. The number of rotatable bonds is 2. The molecule has 1 unspecified atom stereocenters. The SMILES string of the molecule is O=C(c1cc2c(=O)[nH]cnc2cn1)N1CCC(n2cc(Cl)cn2)C1. The highest BCUT2D eigenvalue weighted by Gasteiger charge is 2.29. The van der Waals surface area contributed by atoms with E-state index in [-0.39, 0.29) is 23.2 Å². The number of aromatic amines is 1. The van der Waals surface area contributed by atoms with Crippen molar-refractivity contribution >= 4 is 28.4 Å². The zero-order chi connectivity index (χ0) is 16.7. The molecule has 0 radical (unpaired) electrons. The molecule has 1 fully saturated rings. The standard InChI is InChI=1S/C15H13ClN6O2/c16-9-4-20-22(6-9)10-1-2-21(7-10)15(24)12-3-11-13(5-17-12)18-8-19-14(11)23/h3-6,8,10H,1-2,7H2,(H,18,19,23). The Balaban J connectivity index is 1.58. The minimum absolute atomic E-state index is 0.0898. The lowest BCUT2D eigenvalue weighted by molar-refractivity contribution is 0.0781. The van der Waals surface area contributed by atoms with Crippen LogP contribution in [-0.4, -0.2) is 48.6 Å². The second kappa shape index (κ2) is 5.72. The summed E-state index contributed by atoms with van der Waals surface area (Å²) < 4.78 is 1.78. The van der Waals surface area contributed by atoms with Gasteiger partial charge in [0.05, 0.1) is 40.7 Å². The zero-order valence-corrected chi connectivity index (χ0v) is 13.3. The maximum atomic E-state index is 12.7. The number of fused-ring (bicyclic) bond motifs is 1. The fourth-order valence-electron chi connectivity index (χ4n) is 2.91. The Morgan fingerprint density at radius 2 is 2.21 bits per heavy atom. The summed E-state index contributed by atoms with van der Waals surface area (Å²) in [6.07, 6.45) is 6.88. The van der Waals surface area contributed by atoms with E-state index >= 15 is 0 Å². The molecule has 1 aliphatic heterocycles. The van der Waals surface area contributed by atoms with E-state index in [4.69, 9.17) is 11.6 Å². The van der Waals surface area contributed by atoms with Crippen LogP contribution in [0.25, 0.3) is 10.9 Å². The topological polar surface area (TPSA) is 96.8 Å². The predicted molar refractivity (Wildman–Crippen MR) is 87.0 cm³/mol. The molecule has 1 saturated heterocycles. The number of hydrogen-bond acceptors (Lipinski definition) is 5. The molecule has 0 saturated carbocycles. The lowest BCUT2D eigenvalue weighted by atomic mass is 10.2. The molecule has 24 heavy (non-hydrogen) atoms. The van der Waals surface area contributed by atoms with Gasteiger partial charge in [-0.3, -0.25) is 14.3 Å². The van der Waals surface area contributed by atoms with Crippen molar-refractivity contribution in [1.82, 2.24) is 29.6 Å². The number of hydrogen-bond donors (Lipinski definition) is 1. The summed E-state index contributed by atoms with van der Waals surface area (Å²) in [5.41, 5.74) is 0.405. The quantitative estimate of drug-likeness (QED) is 0.754. The Bertz CT molecular complexity index is 981. The molecular weight excluding hydrogens is 332 g/mol. The summed E-state index contributed by atoms with van der Waals surface area (Å²) in [5.74, 6) is -0.207. The van der Waals surface area contributed by atoms with Crippen molar-refractivity contribution < 1.29 is 4.79 Å². The normalized spacial score (nSPS) is 17.5. The molecule has 3 aromatic heterocycles. The van der Waals surface area contributed by atoms with Crippen molar-refractivity contribution in [2.24, 2.45) is 0 Å². The average molecular weight is 345 g/mol. The van der Waals surface area contributed by atoms with E-state index in [0.717, 1.165) is 6.42 Å². The molecule has 1 atom stereocenters. The number of halogens is 1. The van der Waals surface area contributed by atoms with Crippen molar-refractivity contribution in [3.8, 4) is 0 Å². The minimum atomic E-state index is -0.290. The largest absolute Gasteiger partial charge is 0.335 e. The first kappa shape index (κ1) is 14.8. The van der Waals surface area contributed by atoms with Gasteiger partial charge < -0.3 is 9.88 Å². The van der Waals surface area contributed by atoms with E-state index in [1.807, 2.05) is 0 Å². The number of pyridine rings is 1. The Morgan fingerprint density at radius 1 is 1.33 bits per heavy atom. The van der Waals surface area contributed by atoms with Crippen LogP contribution in [0.3, 0.4) is 0 Å². The highest BCUT2D eigenvalue weighted by atomic mass is 35.5. The van der Waals surface area contributed by atoms with Gasteiger partial charge in [0, 0.05) is 19.3 Å². The van der Waals surface area contributed by atoms with Gasteiger partial charge in [-0.05, 0) is 12.5 Å². The van der Waals surface area contributed by atoms with Crippen LogP contribution >= 0.6 is 11.6 Å². The van der Waals surface area contributed by atoms with Crippen LogP contribution < -0.4 is 5.56 Å². The van der Waals surface area contributed by atoms with Gasteiger partial charge in [-0.25, -0.2) is 9.97 Å². The Kier molecular flexibility index (Phi) is 3.53. The molecule has 122 valence electrons. The van der Waals surface area contributed by atoms with E-state index in [1.165, 1.54) is 18.6 Å². The van der Waals surface area contributed by atoms with Crippen molar-refractivity contribution in [3.05, 3.63) is 52.1 Å². The molecule has 1 amide bonds. The third-order valence-electron chi connectivity index (χ3n) is 4.14. The third-order valence-corrected chi connectivity index (χ3v) is 4.34. The molecule has 8 nitrogen and oxygen atoms in total. The van der Waals surface area contributed by atoms with Crippen LogP contribution in [0.2, 0.25) is 5.02 Å².